The smallest absolute Gasteiger partial charge is 0.231 e. The van der Waals surface area contributed by atoms with Crippen LogP contribution in [0.1, 0.15) is 30.1 Å². The van der Waals surface area contributed by atoms with Crippen molar-refractivity contribution >= 4 is 0 Å². The molecule has 0 bridgehead atoms. The molecule has 0 amide bonds. The number of nitrogens with one attached hydrogen (secondary N) is 1. The summed E-state index contributed by atoms with van der Waals surface area (Å²) < 4.78 is 10.6. The molecule has 1 aliphatic rings. The quantitative estimate of drug-likeness (QED) is 0.923. The van der Waals surface area contributed by atoms with Crippen molar-refractivity contribution in [2.24, 2.45) is 5.92 Å². The second-order valence-electron chi connectivity index (χ2n) is 5.32. The van der Waals surface area contributed by atoms with Crippen LogP contribution in [0.25, 0.3) is 0 Å². The van der Waals surface area contributed by atoms with Crippen molar-refractivity contribution in [1.29, 1.82) is 0 Å². The lowest BCUT2D eigenvalue weighted by molar-refractivity contribution is 0.337. The molecule has 0 radical (unpaired) electrons. The first-order valence-electron chi connectivity index (χ1n) is 6.92. The van der Waals surface area contributed by atoms with Crippen LogP contribution in [0.3, 0.4) is 0 Å². The van der Waals surface area contributed by atoms with Crippen LogP contribution in [-0.4, -0.2) is 30.3 Å². The van der Waals surface area contributed by atoms with Crippen LogP contribution >= 0.6 is 0 Å². The minimum atomic E-state index is 0.335. The molecule has 106 valence electrons. The fraction of sp³-hybridized carbons (Fsp3) is 0.467. The van der Waals surface area contributed by atoms with Crippen LogP contribution in [0.4, 0.5) is 0 Å². The van der Waals surface area contributed by atoms with E-state index in [0.29, 0.717) is 18.3 Å². The molecule has 1 N–H and O–H groups in total. The van der Waals surface area contributed by atoms with E-state index in [4.69, 9.17) is 9.26 Å². The Hall–Kier alpha value is -1.88. The zero-order valence-electron chi connectivity index (χ0n) is 11.8. The maximum Gasteiger partial charge on any atom is 0.231 e. The van der Waals surface area contributed by atoms with E-state index in [9.17, 15) is 0 Å². The largest absolute Gasteiger partial charge is 0.497 e. The van der Waals surface area contributed by atoms with Gasteiger partial charge in [-0.05, 0) is 30.2 Å². The average molecular weight is 273 g/mol. The molecule has 1 aliphatic heterocycles. The first-order chi connectivity index (χ1) is 9.76. The fourth-order valence-electron chi connectivity index (χ4n) is 2.60. The molecule has 3 rings (SSSR count). The zero-order valence-corrected chi connectivity index (χ0v) is 11.8. The zero-order chi connectivity index (χ0) is 13.9. The van der Waals surface area contributed by atoms with Gasteiger partial charge >= 0.3 is 0 Å². The van der Waals surface area contributed by atoms with E-state index in [0.717, 1.165) is 36.1 Å². The molecular weight excluding hydrogens is 254 g/mol. The van der Waals surface area contributed by atoms with Gasteiger partial charge < -0.3 is 14.6 Å². The number of rotatable bonds is 4. The van der Waals surface area contributed by atoms with Crippen molar-refractivity contribution in [3.8, 4) is 5.75 Å². The SMILES string of the molecule is COc1cccc(Cc2noc(C3CNCC3C)n2)c1. The molecule has 1 aromatic heterocycles. The van der Waals surface area contributed by atoms with Crippen LogP contribution in [0.2, 0.25) is 0 Å². The maximum absolute atomic E-state index is 5.42. The van der Waals surface area contributed by atoms with Crippen LogP contribution in [0.5, 0.6) is 5.75 Å². The number of hydrogen-bond acceptors (Lipinski definition) is 5. The molecule has 2 heterocycles. The van der Waals surface area contributed by atoms with Gasteiger partial charge in [0.2, 0.25) is 5.89 Å². The molecule has 2 atom stereocenters. The van der Waals surface area contributed by atoms with Gasteiger partial charge in [-0.2, -0.15) is 4.98 Å². The third-order valence-corrected chi connectivity index (χ3v) is 3.81. The molecule has 1 fully saturated rings. The first-order valence-corrected chi connectivity index (χ1v) is 6.92. The average Bonchev–Trinajstić information content (AvgIpc) is 3.08. The van der Waals surface area contributed by atoms with Crippen molar-refractivity contribution in [1.82, 2.24) is 15.5 Å². The van der Waals surface area contributed by atoms with E-state index in [2.05, 4.69) is 22.4 Å². The third-order valence-electron chi connectivity index (χ3n) is 3.81. The summed E-state index contributed by atoms with van der Waals surface area (Å²) in [6, 6.07) is 7.93. The molecule has 1 aromatic carbocycles. The predicted octanol–water partition coefficient (Wildman–Crippen LogP) is 1.99. The predicted molar refractivity (Wildman–Crippen MR) is 74.9 cm³/mol. The lowest BCUT2D eigenvalue weighted by Crippen LogP contribution is -2.08. The van der Waals surface area contributed by atoms with Gasteiger partial charge in [0.15, 0.2) is 5.82 Å². The Morgan fingerprint density at radius 3 is 3.05 bits per heavy atom. The van der Waals surface area contributed by atoms with E-state index < -0.39 is 0 Å². The van der Waals surface area contributed by atoms with Gasteiger partial charge in [-0.25, -0.2) is 0 Å². The Morgan fingerprint density at radius 1 is 1.40 bits per heavy atom. The Labute approximate surface area is 118 Å². The summed E-state index contributed by atoms with van der Waals surface area (Å²) in [6.45, 7) is 4.14. The highest BCUT2D eigenvalue weighted by atomic mass is 16.5. The van der Waals surface area contributed by atoms with Crippen LogP contribution in [0.15, 0.2) is 28.8 Å². The summed E-state index contributed by atoms with van der Waals surface area (Å²) >= 11 is 0. The van der Waals surface area contributed by atoms with Crippen molar-refractivity contribution in [3.63, 3.8) is 0 Å². The van der Waals surface area contributed by atoms with E-state index >= 15 is 0 Å². The summed E-state index contributed by atoms with van der Waals surface area (Å²) in [5.41, 5.74) is 1.12. The van der Waals surface area contributed by atoms with E-state index in [1.165, 1.54) is 0 Å². The molecule has 2 aromatic rings. The maximum atomic E-state index is 5.42. The Kier molecular flexibility index (Phi) is 3.69. The molecular formula is C15H19N3O2. The summed E-state index contributed by atoms with van der Waals surface area (Å²) in [6.07, 6.45) is 0.662. The minimum absolute atomic E-state index is 0.335. The normalized spacial score (nSPS) is 22.1. The van der Waals surface area contributed by atoms with Crippen LogP contribution < -0.4 is 10.1 Å². The van der Waals surface area contributed by atoms with Gasteiger partial charge in [0.25, 0.3) is 0 Å². The minimum Gasteiger partial charge on any atom is -0.497 e. The van der Waals surface area contributed by atoms with Gasteiger partial charge in [-0.1, -0.05) is 24.2 Å². The molecule has 5 nitrogen and oxygen atoms in total. The van der Waals surface area contributed by atoms with Gasteiger partial charge in [-0.15, -0.1) is 0 Å². The standard InChI is InChI=1S/C15H19N3O2/c1-10-8-16-9-13(10)15-17-14(18-20-15)7-11-4-3-5-12(6-11)19-2/h3-6,10,13,16H,7-9H2,1-2H3. The highest BCUT2D eigenvalue weighted by Gasteiger charge is 2.29. The number of aromatic nitrogens is 2. The number of hydrogen-bond donors (Lipinski definition) is 1. The number of methoxy groups -OCH3 is 1. The highest BCUT2D eigenvalue weighted by Crippen LogP contribution is 2.26. The lowest BCUT2D eigenvalue weighted by atomic mass is 9.98. The van der Waals surface area contributed by atoms with E-state index in [1.54, 1.807) is 7.11 Å². The third kappa shape index (κ3) is 2.67. The molecule has 0 saturated carbocycles. The van der Waals surface area contributed by atoms with Crippen molar-refractivity contribution in [2.45, 2.75) is 19.3 Å². The van der Waals surface area contributed by atoms with Crippen molar-refractivity contribution < 1.29 is 9.26 Å². The Bertz CT molecular complexity index is 582. The molecule has 1 saturated heterocycles. The second-order valence-corrected chi connectivity index (χ2v) is 5.32. The summed E-state index contributed by atoms with van der Waals surface area (Å²) in [5, 5.41) is 7.44. The van der Waals surface area contributed by atoms with Crippen molar-refractivity contribution in [2.75, 3.05) is 20.2 Å². The van der Waals surface area contributed by atoms with Crippen LogP contribution in [-0.2, 0) is 6.42 Å². The molecule has 20 heavy (non-hydrogen) atoms. The van der Waals surface area contributed by atoms with Gasteiger partial charge in [-0.3, -0.25) is 0 Å². The number of nitrogens with zero attached hydrogens (tertiary/aromatic N) is 2. The topological polar surface area (TPSA) is 60.2 Å². The monoisotopic (exact) mass is 273 g/mol. The Balaban J connectivity index is 1.73. The van der Waals surface area contributed by atoms with Crippen LogP contribution in [0, 0.1) is 5.92 Å². The van der Waals surface area contributed by atoms with Gasteiger partial charge in [0.1, 0.15) is 5.75 Å². The summed E-state index contributed by atoms with van der Waals surface area (Å²) in [5.74, 6) is 3.20. The van der Waals surface area contributed by atoms with E-state index in [-0.39, 0.29) is 0 Å². The summed E-state index contributed by atoms with van der Waals surface area (Å²) in [4.78, 5) is 4.53. The number of benzene rings is 1. The van der Waals surface area contributed by atoms with Gasteiger partial charge in [0, 0.05) is 13.0 Å². The fourth-order valence-corrected chi connectivity index (χ4v) is 2.60. The molecule has 5 heteroatoms. The van der Waals surface area contributed by atoms with Gasteiger partial charge in [0.05, 0.1) is 13.0 Å². The first kappa shape index (κ1) is 13.1. The second kappa shape index (κ2) is 5.63. The molecule has 0 aliphatic carbocycles. The van der Waals surface area contributed by atoms with Crippen molar-refractivity contribution in [3.05, 3.63) is 41.5 Å². The lowest BCUT2D eigenvalue weighted by Gasteiger charge is -2.07. The highest BCUT2D eigenvalue weighted by molar-refractivity contribution is 5.30. The number of ether oxygens (including phenoxy) is 1. The molecule has 2 unspecified atom stereocenters. The van der Waals surface area contributed by atoms with E-state index in [1.807, 2.05) is 24.3 Å². The Morgan fingerprint density at radius 2 is 2.30 bits per heavy atom. The molecule has 0 spiro atoms. The summed E-state index contributed by atoms with van der Waals surface area (Å²) in [7, 11) is 1.67.